The Kier molecular flexibility index (Phi) is 4.82. The Balaban J connectivity index is 1.99. The van der Waals surface area contributed by atoms with E-state index >= 15 is 0 Å². The second-order valence-electron chi connectivity index (χ2n) is 6.70. The van der Waals surface area contributed by atoms with Gasteiger partial charge < -0.3 is 19.9 Å². The lowest BCUT2D eigenvalue weighted by Gasteiger charge is -2.19. The zero-order chi connectivity index (χ0) is 17.2. The first-order valence-electron chi connectivity index (χ1n) is 7.65. The molecule has 2 rings (SSSR count). The van der Waals surface area contributed by atoms with Gasteiger partial charge in [0.05, 0.1) is 0 Å². The second kappa shape index (κ2) is 6.48. The molecule has 1 heterocycles. The molecule has 1 aliphatic rings. The summed E-state index contributed by atoms with van der Waals surface area (Å²) in [6.45, 7) is 7.20. The molecule has 6 heteroatoms. The zero-order valence-corrected chi connectivity index (χ0v) is 13.9. The van der Waals surface area contributed by atoms with Crippen molar-refractivity contribution >= 4 is 11.9 Å². The van der Waals surface area contributed by atoms with Crippen molar-refractivity contribution in [3.05, 3.63) is 23.8 Å². The van der Waals surface area contributed by atoms with Crippen LogP contribution in [0.3, 0.4) is 0 Å². The van der Waals surface area contributed by atoms with Crippen molar-refractivity contribution in [1.29, 1.82) is 0 Å². The molecule has 0 spiro atoms. The van der Waals surface area contributed by atoms with Gasteiger partial charge in [-0.3, -0.25) is 4.79 Å². The molecular weight excluding hydrogens is 298 g/mol. The van der Waals surface area contributed by atoms with Gasteiger partial charge in [0.15, 0.2) is 18.1 Å². The average Bonchev–Trinajstić information content (AvgIpc) is 2.76. The number of aliphatic carboxylic acids is 1. The van der Waals surface area contributed by atoms with E-state index in [0.717, 1.165) is 12.0 Å². The molecule has 0 unspecified atom stereocenters. The molecule has 0 aromatic heterocycles. The summed E-state index contributed by atoms with van der Waals surface area (Å²) in [7, 11) is 0. The van der Waals surface area contributed by atoms with Gasteiger partial charge in [0, 0.05) is 12.0 Å². The topological polar surface area (TPSA) is 84.9 Å². The molecule has 6 nitrogen and oxygen atoms in total. The summed E-state index contributed by atoms with van der Waals surface area (Å²) < 4.78 is 11.4. The summed E-state index contributed by atoms with van der Waals surface area (Å²) in [6, 6.07) is 4.63. The molecule has 0 saturated carbocycles. The maximum absolute atomic E-state index is 11.9. The highest BCUT2D eigenvalue weighted by atomic mass is 16.5. The molecule has 126 valence electrons. The van der Waals surface area contributed by atoms with E-state index in [1.807, 2.05) is 26.0 Å². The number of benzene rings is 1. The number of nitrogens with one attached hydrogen (secondary N) is 1. The van der Waals surface area contributed by atoms with Gasteiger partial charge >= 0.3 is 5.97 Å². The summed E-state index contributed by atoms with van der Waals surface area (Å²) in [5.74, 6) is -0.579. The Morgan fingerprint density at radius 1 is 1.39 bits per heavy atom. The zero-order valence-electron chi connectivity index (χ0n) is 13.9. The summed E-state index contributed by atoms with van der Waals surface area (Å²) >= 11 is 0. The van der Waals surface area contributed by atoms with Crippen molar-refractivity contribution in [2.24, 2.45) is 5.92 Å². The predicted octanol–water partition coefficient (Wildman–Crippen LogP) is 2.00. The maximum atomic E-state index is 11.9. The van der Waals surface area contributed by atoms with E-state index in [1.54, 1.807) is 19.9 Å². The number of rotatable bonds is 6. The highest BCUT2D eigenvalue weighted by Crippen LogP contribution is 2.41. The van der Waals surface area contributed by atoms with Crippen LogP contribution in [-0.2, 0) is 16.0 Å². The van der Waals surface area contributed by atoms with Crippen molar-refractivity contribution in [3.63, 3.8) is 0 Å². The summed E-state index contributed by atoms with van der Waals surface area (Å²) in [6.07, 6.45) is 0.778. The Morgan fingerprint density at radius 2 is 2.09 bits per heavy atom. The average molecular weight is 321 g/mol. The van der Waals surface area contributed by atoms with Crippen LogP contribution < -0.4 is 14.8 Å². The largest absolute Gasteiger partial charge is 0.483 e. The first-order chi connectivity index (χ1) is 10.7. The number of hydrogen-bond acceptors (Lipinski definition) is 4. The molecule has 2 N–H and O–H groups in total. The van der Waals surface area contributed by atoms with Crippen LogP contribution in [0.5, 0.6) is 11.5 Å². The molecule has 1 atom stereocenters. The second-order valence-corrected chi connectivity index (χ2v) is 6.70. The third kappa shape index (κ3) is 4.15. The Bertz CT molecular complexity index is 609. The van der Waals surface area contributed by atoms with Crippen LogP contribution in [0.4, 0.5) is 0 Å². The van der Waals surface area contributed by atoms with E-state index in [1.165, 1.54) is 0 Å². The van der Waals surface area contributed by atoms with Gasteiger partial charge in [0.25, 0.3) is 5.91 Å². The number of carboxylic acids is 1. The van der Waals surface area contributed by atoms with E-state index in [9.17, 15) is 9.59 Å². The third-order valence-corrected chi connectivity index (χ3v) is 3.66. The molecule has 0 fully saturated rings. The maximum Gasteiger partial charge on any atom is 0.326 e. The van der Waals surface area contributed by atoms with Gasteiger partial charge in [0.2, 0.25) is 0 Å². The van der Waals surface area contributed by atoms with E-state index in [0.29, 0.717) is 11.5 Å². The summed E-state index contributed by atoms with van der Waals surface area (Å²) in [4.78, 5) is 23.0. The Hall–Kier alpha value is -2.24. The van der Waals surface area contributed by atoms with Crippen LogP contribution >= 0.6 is 0 Å². The van der Waals surface area contributed by atoms with Gasteiger partial charge in [-0.05, 0) is 25.8 Å². The molecule has 1 aromatic rings. The van der Waals surface area contributed by atoms with E-state index < -0.39 is 17.9 Å². The van der Waals surface area contributed by atoms with Crippen LogP contribution in [-0.4, -0.2) is 35.2 Å². The number of para-hydroxylation sites is 1. The number of carboxylic acid groups (broad SMARTS) is 1. The molecule has 1 aromatic carbocycles. The number of ether oxygens (including phenoxy) is 2. The van der Waals surface area contributed by atoms with Crippen molar-refractivity contribution in [2.75, 3.05) is 6.61 Å². The van der Waals surface area contributed by atoms with Crippen molar-refractivity contribution in [3.8, 4) is 11.5 Å². The molecule has 1 aliphatic heterocycles. The number of fused-ring (bicyclic) bond motifs is 1. The van der Waals surface area contributed by atoms with Crippen LogP contribution in [0, 0.1) is 5.92 Å². The summed E-state index contributed by atoms with van der Waals surface area (Å²) in [5, 5.41) is 11.6. The molecule has 0 aliphatic carbocycles. The third-order valence-electron chi connectivity index (χ3n) is 3.66. The number of hydrogen-bond donors (Lipinski definition) is 2. The minimum atomic E-state index is -1.06. The van der Waals surface area contributed by atoms with Gasteiger partial charge in [0.1, 0.15) is 11.6 Å². The van der Waals surface area contributed by atoms with Crippen LogP contribution in [0.25, 0.3) is 0 Å². The molecule has 1 amide bonds. The molecule has 23 heavy (non-hydrogen) atoms. The highest BCUT2D eigenvalue weighted by molar-refractivity contribution is 5.84. The number of amides is 1. The first-order valence-corrected chi connectivity index (χ1v) is 7.65. The quantitative estimate of drug-likeness (QED) is 0.837. The lowest BCUT2D eigenvalue weighted by molar-refractivity contribution is -0.143. The standard InChI is InChI=1S/C17H23NO5/c1-10(2)14(16(20)21)18-13(19)9-22-12-7-5-6-11-8-17(3,4)23-15(11)12/h5-7,10,14H,8-9H2,1-4H3,(H,18,19)(H,20,21)/t14-/m1/s1. The van der Waals surface area contributed by atoms with Crippen molar-refractivity contribution in [2.45, 2.75) is 45.8 Å². The molecular formula is C17H23NO5. The molecule has 0 radical (unpaired) electrons. The van der Waals surface area contributed by atoms with Gasteiger partial charge in [-0.25, -0.2) is 4.79 Å². The summed E-state index contributed by atoms with van der Waals surface area (Å²) in [5.41, 5.74) is 0.745. The van der Waals surface area contributed by atoms with Crippen molar-refractivity contribution < 1.29 is 24.2 Å². The predicted molar refractivity (Wildman–Crippen MR) is 84.8 cm³/mol. The molecule has 0 bridgehead atoms. The fourth-order valence-corrected chi connectivity index (χ4v) is 2.57. The normalized spacial score (nSPS) is 16.4. The monoisotopic (exact) mass is 321 g/mol. The van der Waals surface area contributed by atoms with Crippen LogP contribution in [0.15, 0.2) is 18.2 Å². The lowest BCUT2D eigenvalue weighted by atomic mass is 10.0. The fraction of sp³-hybridized carbons (Fsp3) is 0.529. The SMILES string of the molecule is CC(C)[C@@H](NC(=O)COc1cccc2c1OC(C)(C)C2)C(=O)O. The number of carbonyl (C=O) groups excluding carboxylic acids is 1. The fourth-order valence-electron chi connectivity index (χ4n) is 2.57. The van der Waals surface area contributed by atoms with Gasteiger partial charge in [-0.15, -0.1) is 0 Å². The van der Waals surface area contributed by atoms with Crippen LogP contribution in [0.2, 0.25) is 0 Å². The Labute approximate surface area is 135 Å². The van der Waals surface area contributed by atoms with Crippen LogP contribution in [0.1, 0.15) is 33.3 Å². The van der Waals surface area contributed by atoms with E-state index in [4.69, 9.17) is 14.6 Å². The number of carbonyl (C=O) groups is 2. The highest BCUT2D eigenvalue weighted by Gasteiger charge is 2.32. The van der Waals surface area contributed by atoms with Gasteiger partial charge in [-0.2, -0.15) is 0 Å². The molecule has 0 saturated heterocycles. The first kappa shape index (κ1) is 17.1. The van der Waals surface area contributed by atoms with E-state index in [2.05, 4.69) is 5.32 Å². The lowest BCUT2D eigenvalue weighted by Crippen LogP contribution is -2.46. The minimum Gasteiger partial charge on any atom is -0.483 e. The van der Waals surface area contributed by atoms with E-state index in [-0.39, 0.29) is 18.1 Å². The smallest absolute Gasteiger partial charge is 0.326 e. The van der Waals surface area contributed by atoms with Crippen molar-refractivity contribution in [1.82, 2.24) is 5.32 Å². The van der Waals surface area contributed by atoms with Gasteiger partial charge in [-0.1, -0.05) is 26.0 Å². The minimum absolute atomic E-state index is 0.207. The Morgan fingerprint density at radius 3 is 2.70 bits per heavy atom.